The highest BCUT2D eigenvalue weighted by atomic mass is 16.2. The van der Waals surface area contributed by atoms with Crippen LogP contribution in [0, 0.1) is 11.8 Å². The van der Waals surface area contributed by atoms with Crippen molar-refractivity contribution >= 4 is 5.91 Å². The van der Waals surface area contributed by atoms with Crippen molar-refractivity contribution in [3.8, 4) is 0 Å². The van der Waals surface area contributed by atoms with Gasteiger partial charge in [0, 0.05) is 25.5 Å². The van der Waals surface area contributed by atoms with Crippen LogP contribution in [0.1, 0.15) is 37.3 Å². The number of nitrogens with one attached hydrogen (secondary N) is 1. The Morgan fingerprint density at radius 1 is 1.50 bits per heavy atom. The number of nitrogens with zero attached hydrogens (tertiary/aromatic N) is 2. The van der Waals surface area contributed by atoms with Crippen LogP contribution in [0.15, 0.2) is 12.4 Å². The van der Waals surface area contributed by atoms with E-state index in [0.717, 1.165) is 37.8 Å². The number of carbonyl (C=O) groups is 1. The van der Waals surface area contributed by atoms with Gasteiger partial charge in [0.1, 0.15) is 0 Å². The average molecular weight is 221 g/mol. The van der Waals surface area contributed by atoms with E-state index in [1.165, 1.54) is 0 Å². The highest BCUT2D eigenvalue weighted by Gasteiger charge is 2.25. The number of carbonyl (C=O) groups excluding carboxylic acids is 1. The molecule has 0 atom stereocenters. The van der Waals surface area contributed by atoms with E-state index in [1.54, 1.807) is 12.4 Å². The van der Waals surface area contributed by atoms with Gasteiger partial charge in [0.05, 0.1) is 0 Å². The Bertz CT molecular complexity index is 337. The van der Waals surface area contributed by atoms with Crippen molar-refractivity contribution in [1.82, 2.24) is 14.9 Å². The molecule has 1 aromatic rings. The topological polar surface area (TPSA) is 49.0 Å². The van der Waals surface area contributed by atoms with E-state index >= 15 is 0 Å². The number of imidazole rings is 1. The normalized spacial score (nSPS) is 18.1. The fourth-order valence-electron chi connectivity index (χ4n) is 2.30. The Morgan fingerprint density at radius 3 is 2.69 bits per heavy atom. The van der Waals surface area contributed by atoms with Crippen molar-refractivity contribution in [1.29, 1.82) is 0 Å². The van der Waals surface area contributed by atoms with Gasteiger partial charge < -0.3 is 9.88 Å². The van der Waals surface area contributed by atoms with Crippen LogP contribution >= 0.6 is 0 Å². The first-order valence-electron chi connectivity index (χ1n) is 5.97. The SMILES string of the molecule is CC(C)C1CCN(C(=O)c2ncc[nH]2)CC1. The molecule has 0 aliphatic carbocycles. The second kappa shape index (κ2) is 4.68. The number of aromatic nitrogens is 2. The minimum absolute atomic E-state index is 0.0345. The lowest BCUT2D eigenvalue weighted by Gasteiger charge is -2.33. The van der Waals surface area contributed by atoms with E-state index in [4.69, 9.17) is 0 Å². The monoisotopic (exact) mass is 221 g/mol. The van der Waals surface area contributed by atoms with Gasteiger partial charge in [0.15, 0.2) is 5.82 Å². The van der Waals surface area contributed by atoms with Crippen molar-refractivity contribution in [2.45, 2.75) is 26.7 Å². The van der Waals surface area contributed by atoms with Gasteiger partial charge in [-0.15, -0.1) is 0 Å². The molecule has 0 unspecified atom stereocenters. The van der Waals surface area contributed by atoms with Crippen LogP contribution in [0.3, 0.4) is 0 Å². The molecule has 0 radical (unpaired) electrons. The lowest BCUT2D eigenvalue weighted by Crippen LogP contribution is -2.39. The summed E-state index contributed by atoms with van der Waals surface area (Å²) in [4.78, 5) is 20.7. The van der Waals surface area contributed by atoms with Gasteiger partial charge in [0.25, 0.3) is 5.91 Å². The minimum atomic E-state index is 0.0345. The summed E-state index contributed by atoms with van der Waals surface area (Å²) in [7, 11) is 0. The molecule has 0 spiro atoms. The molecule has 1 N–H and O–H groups in total. The summed E-state index contributed by atoms with van der Waals surface area (Å²) in [6.45, 7) is 6.24. The lowest BCUT2D eigenvalue weighted by molar-refractivity contribution is 0.0656. The summed E-state index contributed by atoms with van der Waals surface area (Å²) >= 11 is 0. The molecule has 2 rings (SSSR count). The Labute approximate surface area is 96.1 Å². The zero-order chi connectivity index (χ0) is 11.5. The minimum Gasteiger partial charge on any atom is -0.341 e. The first kappa shape index (κ1) is 11.2. The van der Waals surface area contributed by atoms with E-state index in [1.807, 2.05) is 4.90 Å². The number of rotatable bonds is 2. The molecule has 1 amide bonds. The summed E-state index contributed by atoms with van der Waals surface area (Å²) in [6, 6.07) is 0. The molecule has 0 aromatic carbocycles. The number of aromatic amines is 1. The van der Waals surface area contributed by atoms with Crippen LogP contribution in [-0.2, 0) is 0 Å². The molecule has 4 nitrogen and oxygen atoms in total. The van der Waals surface area contributed by atoms with E-state index in [0.29, 0.717) is 5.82 Å². The summed E-state index contributed by atoms with van der Waals surface area (Å²) in [5.41, 5.74) is 0. The second-order valence-corrected chi connectivity index (χ2v) is 4.81. The predicted molar refractivity (Wildman–Crippen MR) is 62.1 cm³/mol. The number of hydrogen-bond acceptors (Lipinski definition) is 2. The van der Waals surface area contributed by atoms with Crippen LogP contribution in [0.25, 0.3) is 0 Å². The van der Waals surface area contributed by atoms with Crippen molar-refractivity contribution < 1.29 is 4.79 Å². The Morgan fingerprint density at radius 2 is 2.19 bits per heavy atom. The molecule has 0 saturated carbocycles. The molecule has 16 heavy (non-hydrogen) atoms. The fourth-order valence-corrected chi connectivity index (χ4v) is 2.30. The summed E-state index contributed by atoms with van der Waals surface area (Å²) in [5.74, 6) is 1.98. The van der Waals surface area contributed by atoms with Crippen molar-refractivity contribution in [2.75, 3.05) is 13.1 Å². The molecule has 1 aliphatic heterocycles. The first-order chi connectivity index (χ1) is 7.68. The van der Waals surface area contributed by atoms with Gasteiger partial charge in [-0.3, -0.25) is 4.79 Å². The summed E-state index contributed by atoms with van der Waals surface area (Å²) < 4.78 is 0. The maximum absolute atomic E-state index is 12.0. The molecule has 1 saturated heterocycles. The summed E-state index contributed by atoms with van der Waals surface area (Å²) in [6.07, 6.45) is 5.54. The van der Waals surface area contributed by atoms with E-state index in [-0.39, 0.29) is 5.91 Å². The lowest BCUT2D eigenvalue weighted by atomic mass is 9.87. The Kier molecular flexibility index (Phi) is 3.27. The number of piperidine rings is 1. The third-order valence-corrected chi connectivity index (χ3v) is 3.47. The highest BCUT2D eigenvalue weighted by molar-refractivity contribution is 5.90. The highest BCUT2D eigenvalue weighted by Crippen LogP contribution is 2.24. The molecular formula is C12H19N3O. The van der Waals surface area contributed by atoms with Crippen LogP contribution in [0.5, 0.6) is 0 Å². The van der Waals surface area contributed by atoms with Crippen molar-refractivity contribution in [3.05, 3.63) is 18.2 Å². The average Bonchev–Trinajstić information content (AvgIpc) is 2.81. The predicted octanol–water partition coefficient (Wildman–Crippen LogP) is 1.92. The molecule has 2 heterocycles. The van der Waals surface area contributed by atoms with Gasteiger partial charge in [-0.1, -0.05) is 13.8 Å². The number of likely N-dealkylation sites (tertiary alicyclic amines) is 1. The standard InChI is InChI=1S/C12H19N3O/c1-9(2)10-3-7-15(8-4-10)12(16)11-13-5-6-14-11/h5-6,9-10H,3-4,7-8H2,1-2H3,(H,13,14). The number of hydrogen-bond donors (Lipinski definition) is 1. The molecule has 4 heteroatoms. The fraction of sp³-hybridized carbons (Fsp3) is 0.667. The third kappa shape index (κ3) is 2.26. The molecule has 1 aliphatic rings. The van der Waals surface area contributed by atoms with Crippen molar-refractivity contribution in [2.24, 2.45) is 11.8 Å². The van der Waals surface area contributed by atoms with E-state index < -0.39 is 0 Å². The zero-order valence-electron chi connectivity index (χ0n) is 9.94. The molecule has 0 bridgehead atoms. The third-order valence-electron chi connectivity index (χ3n) is 3.47. The van der Waals surface area contributed by atoms with E-state index in [9.17, 15) is 4.79 Å². The maximum atomic E-state index is 12.0. The number of amides is 1. The molecular weight excluding hydrogens is 202 g/mol. The van der Waals surface area contributed by atoms with Gasteiger partial charge in [-0.25, -0.2) is 4.98 Å². The molecule has 1 aromatic heterocycles. The van der Waals surface area contributed by atoms with Crippen LogP contribution in [-0.4, -0.2) is 33.9 Å². The largest absolute Gasteiger partial charge is 0.341 e. The van der Waals surface area contributed by atoms with E-state index in [2.05, 4.69) is 23.8 Å². The Balaban J connectivity index is 1.92. The second-order valence-electron chi connectivity index (χ2n) is 4.81. The summed E-state index contributed by atoms with van der Waals surface area (Å²) in [5, 5.41) is 0. The van der Waals surface area contributed by atoms with Gasteiger partial charge in [-0.2, -0.15) is 0 Å². The zero-order valence-corrected chi connectivity index (χ0v) is 9.94. The number of H-pyrrole nitrogens is 1. The maximum Gasteiger partial charge on any atom is 0.289 e. The van der Waals surface area contributed by atoms with Gasteiger partial charge in [-0.05, 0) is 24.7 Å². The molecule has 88 valence electrons. The Hall–Kier alpha value is -1.32. The van der Waals surface area contributed by atoms with Crippen LogP contribution in [0.2, 0.25) is 0 Å². The van der Waals surface area contributed by atoms with Crippen LogP contribution < -0.4 is 0 Å². The quantitative estimate of drug-likeness (QED) is 0.829. The smallest absolute Gasteiger partial charge is 0.289 e. The first-order valence-corrected chi connectivity index (χ1v) is 5.97. The van der Waals surface area contributed by atoms with Gasteiger partial charge >= 0.3 is 0 Å². The van der Waals surface area contributed by atoms with Gasteiger partial charge in [0.2, 0.25) is 0 Å². The van der Waals surface area contributed by atoms with Crippen molar-refractivity contribution in [3.63, 3.8) is 0 Å². The molecule has 1 fully saturated rings. The van der Waals surface area contributed by atoms with Crippen LogP contribution in [0.4, 0.5) is 0 Å².